The van der Waals surface area contributed by atoms with Gasteiger partial charge in [0.25, 0.3) is 0 Å². The molecule has 0 amide bonds. The van der Waals surface area contributed by atoms with Gasteiger partial charge in [0.1, 0.15) is 10.7 Å². The molecule has 118 valence electrons. The first kappa shape index (κ1) is 16.2. The lowest BCUT2D eigenvalue weighted by molar-refractivity contribution is -0.0847. The van der Waals surface area contributed by atoms with Crippen LogP contribution in [0.5, 0.6) is 0 Å². The Balaban J connectivity index is 2.15. The molecule has 1 saturated heterocycles. The van der Waals surface area contributed by atoms with Crippen LogP contribution in [0, 0.1) is 11.6 Å². The van der Waals surface area contributed by atoms with Crippen molar-refractivity contribution in [3.8, 4) is 0 Å². The van der Waals surface area contributed by atoms with E-state index in [0.29, 0.717) is 13.2 Å². The van der Waals surface area contributed by atoms with Gasteiger partial charge in [0, 0.05) is 6.54 Å². The molecule has 1 fully saturated rings. The lowest BCUT2D eigenvalue weighted by Crippen LogP contribution is -2.39. The lowest BCUT2D eigenvalue weighted by atomic mass is 10.2. The number of hydrogen-bond donors (Lipinski definition) is 2. The first-order valence-electron chi connectivity index (χ1n) is 6.22. The number of aliphatic hydroxyl groups excluding tert-OH is 1. The van der Waals surface area contributed by atoms with E-state index in [1.165, 1.54) is 0 Å². The minimum absolute atomic E-state index is 0.0897. The van der Waals surface area contributed by atoms with Crippen LogP contribution >= 0.6 is 0 Å². The first-order valence-corrected chi connectivity index (χ1v) is 7.70. The van der Waals surface area contributed by atoms with Crippen LogP contribution in [0.2, 0.25) is 0 Å². The molecule has 1 heterocycles. The molecule has 0 aromatic heterocycles. The zero-order chi connectivity index (χ0) is 15.5. The van der Waals surface area contributed by atoms with Gasteiger partial charge in [0.2, 0.25) is 10.0 Å². The number of hydrogen-bond acceptors (Lipinski definition) is 5. The number of rotatable bonds is 5. The van der Waals surface area contributed by atoms with Gasteiger partial charge in [-0.1, -0.05) is 0 Å². The van der Waals surface area contributed by atoms with Crippen LogP contribution in [0.3, 0.4) is 0 Å². The van der Waals surface area contributed by atoms with Crippen molar-refractivity contribution in [1.29, 1.82) is 0 Å². The molecule has 0 radical (unpaired) electrons. The maximum Gasteiger partial charge on any atom is 0.243 e. The molecule has 0 bridgehead atoms. The third-order valence-corrected chi connectivity index (χ3v) is 4.43. The maximum atomic E-state index is 13.9. The highest BCUT2D eigenvalue weighted by Crippen LogP contribution is 2.21. The molecule has 2 N–H and O–H groups in total. The molecule has 1 aliphatic heterocycles. The predicted octanol–water partition coefficient (Wildman–Crippen LogP) is 0.151. The van der Waals surface area contributed by atoms with E-state index in [0.717, 1.165) is 12.1 Å². The van der Waals surface area contributed by atoms with Gasteiger partial charge >= 0.3 is 0 Å². The van der Waals surface area contributed by atoms with Crippen LogP contribution in [-0.2, 0) is 26.1 Å². The molecule has 2 rings (SSSR count). The highest BCUT2D eigenvalue weighted by molar-refractivity contribution is 7.89. The number of benzene rings is 1. The topological polar surface area (TPSA) is 84.9 Å². The molecule has 1 unspecified atom stereocenters. The summed E-state index contributed by atoms with van der Waals surface area (Å²) in [7, 11) is -4.18. The maximum absolute atomic E-state index is 13.9. The number of sulfonamides is 1. The number of ether oxygens (including phenoxy) is 2. The summed E-state index contributed by atoms with van der Waals surface area (Å²) >= 11 is 0. The summed E-state index contributed by atoms with van der Waals surface area (Å²) < 4.78 is 63.8. The van der Waals surface area contributed by atoms with Crippen molar-refractivity contribution in [2.45, 2.75) is 17.6 Å². The smallest absolute Gasteiger partial charge is 0.243 e. The quantitative estimate of drug-likeness (QED) is 0.806. The Hall–Kier alpha value is -1.13. The van der Waals surface area contributed by atoms with E-state index in [4.69, 9.17) is 14.6 Å². The molecule has 6 nitrogen and oxygen atoms in total. The fourth-order valence-corrected chi connectivity index (χ4v) is 3.03. The molecule has 1 aromatic rings. The molecular weight excluding hydrogens is 308 g/mol. The summed E-state index contributed by atoms with van der Waals surface area (Å²) in [6.07, 6.45) is -0.464. The third-order valence-electron chi connectivity index (χ3n) is 2.98. The van der Waals surface area contributed by atoms with Crippen molar-refractivity contribution < 1.29 is 31.8 Å². The summed E-state index contributed by atoms with van der Waals surface area (Å²) in [6.45, 7) is 0.00614. The van der Waals surface area contributed by atoms with Gasteiger partial charge in [-0.3, -0.25) is 0 Å². The van der Waals surface area contributed by atoms with E-state index < -0.39 is 44.8 Å². The normalized spacial score (nSPS) is 19.7. The summed E-state index contributed by atoms with van der Waals surface area (Å²) in [5, 5.41) is 8.89. The SMILES string of the molecule is O=S(=O)(NCC1COCCO1)c1ccc(F)c(CO)c1F. The lowest BCUT2D eigenvalue weighted by Gasteiger charge is -2.23. The molecule has 0 aliphatic carbocycles. The van der Waals surface area contributed by atoms with Crippen LogP contribution in [0.1, 0.15) is 5.56 Å². The van der Waals surface area contributed by atoms with E-state index in [1.807, 2.05) is 0 Å². The minimum Gasteiger partial charge on any atom is -0.391 e. The number of nitrogens with one attached hydrogen (secondary N) is 1. The van der Waals surface area contributed by atoms with Crippen LogP contribution in [0.25, 0.3) is 0 Å². The molecule has 21 heavy (non-hydrogen) atoms. The van der Waals surface area contributed by atoms with Crippen LogP contribution in [0.15, 0.2) is 17.0 Å². The van der Waals surface area contributed by atoms with Crippen molar-refractivity contribution >= 4 is 10.0 Å². The monoisotopic (exact) mass is 323 g/mol. The molecule has 0 saturated carbocycles. The van der Waals surface area contributed by atoms with Gasteiger partial charge < -0.3 is 14.6 Å². The van der Waals surface area contributed by atoms with Crippen molar-refractivity contribution in [2.75, 3.05) is 26.4 Å². The average molecular weight is 323 g/mol. The Bertz CT molecular complexity index is 602. The number of aliphatic hydroxyl groups is 1. The Morgan fingerprint density at radius 3 is 2.71 bits per heavy atom. The van der Waals surface area contributed by atoms with Crippen molar-refractivity contribution in [3.63, 3.8) is 0 Å². The Kier molecular flexibility index (Phi) is 5.22. The fraction of sp³-hybridized carbons (Fsp3) is 0.500. The summed E-state index contributed by atoms with van der Waals surface area (Å²) in [5.41, 5.74) is -0.685. The second kappa shape index (κ2) is 6.75. The first-order chi connectivity index (χ1) is 9.95. The van der Waals surface area contributed by atoms with E-state index >= 15 is 0 Å². The summed E-state index contributed by atoms with van der Waals surface area (Å²) in [4.78, 5) is -0.718. The fourth-order valence-electron chi connectivity index (χ4n) is 1.86. The van der Waals surface area contributed by atoms with Crippen molar-refractivity contribution in [2.24, 2.45) is 0 Å². The van der Waals surface area contributed by atoms with Crippen LogP contribution in [0.4, 0.5) is 8.78 Å². The summed E-state index contributed by atoms with van der Waals surface area (Å²) in [6, 6.07) is 1.60. The highest BCUT2D eigenvalue weighted by atomic mass is 32.2. The van der Waals surface area contributed by atoms with Crippen LogP contribution < -0.4 is 4.72 Å². The zero-order valence-corrected chi connectivity index (χ0v) is 11.8. The molecule has 1 atom stereocenters. The van der Waals surface area contributed by atoms with Crippen LogP contribution in [-0.4, -0.2) is 46.0 Å². The van der Waals surface area contributed by atoms with Gasteiger partial charge in [-0.05, 0) is 12.1 Å². The third kappa shape index (κ3) is 3.74. The summed E-state index contributed by atoms with van der Waals surface area (Å²) in [5.74, 6) is -2.30. The molecule has 1 aliphatic rings. The molecule has 1 aromatic carbocycles. The van der Waals surface area contributed by atoms with Gasteiger partial charge in [-0.2, -0.15) is 0 Å². The van der Waals surface area contributed by atoms with Crippen molar-refractivity contribution in [1.82, 2.24) is 4.72 Å². The van der Waals surface area contributed by atoms with E-state index in [2.05, 4.69) is 4.72 Å². The zero-order valence-electron chi connectivity index (χ0n) is 11.0. The van der Waals surface area contributed by atoms with Gasteiger partial charge in [0.05, 0.1) is 38.1 Å². The average Bonchev–Trinajstić information content (AvgIpc) is 2.46. The minimum atomic E-state index is -4.18. The van der Waals surface area contributed by atoms with Gasteiger partial charge in [0.15, 0.2) is 5.82 Å². The largest absolute Gasteiger partial charge is 0.391 e. The highest BCUT2D eigenvalue weighted by Gasteiger charge is 2.25. The Labute approximate surface area is 120 Å². The Morgan fingerprint density at radius 1 is 1.33 bits per heavy atom. The van der Waals surface area contributed by atoms with Gasteiger partial charge in [-0.15, -0.1) is 0 Å². The van der Waals surface area contributed by atoms with E-state index in [9.17, 15) is 17.2 Å². The standard InChI is InChI=1S/C12H15F2NO5S/c13-10-1-2-11(12(14)9(10)6-16)21(17,18)15-5-8-7-19-3-4-20-8/h1-2,8,15-16H,3-7H2. The molecule has 9 heteroatoms. The molecule has 0 spiro atoms. The van der Waals surface area contributed by atoms with E-state index in [1.54, 1.807) is 0 Å². The predicted molar refractivity (Wildman–Crippen MR) is 68.0 cm³/mol. The second-order valence-electron chi connectivity index (χ2n) is 4.42. The van der Waals surface area contributed by atoms with E-state index in [-0.39, 0.29) is 13.2 Å². The Morgan fingerprint density at radius 2 is 2.10 bits per heavy atom. The second-order valence-corrected chi connectivity index (χ2v) is 6.15. The van der Waals surface area contributed by atoms with Gasteiger partial charge in [-0.25, -0.2) is 21.9 Å². The van der Waals surface area contributed by atoms with Crippen molar-refractivity contribution in [3.05, 3.63) is 29.3 Å². The molecular formula is C12H15F2NO5S. The number of halogens is 2.